The Bertz CT molecular complexity index is 1310. The Hall–Kier alpha value is -3.78. The fourth-order valence-electron chi connectivity index (χ4n) is 3.18. The number of nitrogens with zero attached hydrogens (tertiary/aromatic N) is 2. The van der Waals surface area contributed by atoms with Crippen LogP contribution in [0.3, 0.4) is 0 Å². The van der Waals surface area contributed by atoms with Crippen molar-refractivity contribution in [2.45, 2.75) is 17.7 Å². The van der Waals surface area contributed by atoms with Gasteiger partial charge in [-0.1, -0.05) is 59.7 Å². The highest BCUT2D eigenvalue weighted by Crippen LogP contribution is 2.16. The van der Waals surface area contributed by atoms with Gasteiger partial charge in [-0.05, 0) is 47.4 Å². The lowest BCUT2D eigenvalue weighted by Crippen LogP contribution is -2.12. The molecule has 0 saturated carbocycles. The number of benzene rings is 3. The summed E-state index contributed by atoms with van der Waals surface area (Å²) in [5.41, 5.74) is 3.61. The highest BCUT2D eigenvalue weighted by molar-refractivity contribution is 7.90. The van der Waals surface area contributed by atoms with E-state index < -0.39 is 9.84 Å². The van der Waals surface area contributed by atoms with E-state index in [4.69, 9.17) is 4.42 Å². The van der Waals surface area contributed by atoms with Gasteiger partial charge in [-0.15, -0.1) is 5.10 Å². The van der Waals surface area contributed by atoms with E-state index in [0.717, 1.165) is 23.8 Å². The molecule has 0 aliphatic carbocycles. The van der Waals surface area contributed by atoms with Gasteiger partial charge in [-0.3, -0.25) is 10.1 Å². The monoisotopic (exact) mass is 447 g/mol. The first kappa shape index (κ1) is 21.5. The summed E-state index contributed by atoms with van der Waals surface area (Å²) >= 11 is 0. The van der Waals surface area contributed by atoms with Gasteiger partial charge in [0, 0.05) is 11.8 Å². The van der Waals surface area contributed by atoms with Crippen molar-refractivity contribution in [2.24, 2.45) is 0 Å². The van der Waals surface area contributed by atoms with E-state index in [-0.39, 0.29) is 16.8 Å². The molecule has 0 aliphatic heterocycles. The Morgan fingerprint density at radius 2 is 1.41 bits per heavy atom. The summed E-state index contributed by atoms with van der Waals surface area (Å²) in [6, 6.07) is 23.9. The lowest BCUT2D eigenvalue weighted by atomic mass is 10.0. The molecule has 0 radical (unpaired) electrons. The maximum atomic E-state index is 12.5. The van der Waals surface area contributed by atoms with Crippen LogP contribution in [0.5, 0.6) is 0 Å². The Morgan fingerprint density at radius 1 is 0.812 bits per heavy atom. The van der Waals surface area contributed by atoms with E-state index in [1.165, 1.54) is 17.7 Å². The second kappa shape index (κ2) is 9.15. The number of nitrogens with one attached hydrogen (secondary N) is 1. The molecular weight excluding hydrogens is 426 g/mol. The van der Waals surface area contributed by atoms with Crippen molar-refractivity contribution in [3.05, 3.63) is 107 Å². The highest BCUT2D eigenvalue weighted by Gasteiger charge is 2.13. The van der Waals surface area contributed by atoms with E-state index in [1.54, 1.807) is 24.3 Å². The first-order valence-corrected chi connectivity index (χ1v) is 11.8. The summed E-state index contributed by atoms with van der Waals surface area (Å²) in [5, 5.41) is 10.4. The summed E-state index contributed by atoms with van der Waals surface area (Å²) in [7, 11) is -3.25. The first-order valence-electron chi connectivity index (χ1n) is 9.92. The zero-order chi connectivity index (χ0) is 22.6. The van der Waals surface area contributed by atoms with E-state index in [2.05, 4.69) is 27.6 Å². The van der Waals surface area contributed by atoms with Crippen LogP contribution in [0.25, 0.3) is 0 Å². The minimum Gasteiger partial charge on any atom is -0.407 e. The largest absolute Gasteiger partial charge is 0.407 e. The SMILES string of the molecule is CS(=O)(=O)c1ccc(Cc2nnc(NC(=O)c3ccc(Cc4ccccc4)cc3)o2)cc1. The molecule has 0 atom stereocenters. The van der Waals surface area contributed by atoms with Crippen LogP contribution in [0.1, 0.15) is 32.9 Å². The fourth-order valence-corrected chi connectivity index (χ4v) is 3.81. The number of hydrogen-bond donors (Lipinski definition) is 1. The molecule has 4 aromatic rings. The third-order valence-corrected chi connectivity index (χ3v) is 5.99. The maximum Gasteiger partial charge on any atom is 0.322 e. The van der Waals surface area contributed by atoms with Crippen LogP contribution in [0.15, 0.2) is 88.2 Å². The van der Waals surface area contributed by atoms with Crippen molar-refractivity contribution in [1.82, 2.24) is 10.2 Å². The molecule has 0 bridgehead atoms. The molecule has 32 heavy (non-hydrogen) atoms. The number of carbonyl (C=O) groups excluding carboxylic acids is 1. The molecule has 4 rings (SSSR count). The summed E-state index contributed by atoms with van der Waals surface area (Å²) in [6.07, 6.45) is 2.27. The molecule has 8 heteroatoms. The van der Waals surface area contributed by atoms with E-state index in [0.29, 0.717) is 17.9 Å². The van der Waals surface area contributed by atoms with Crippen LogP contribution in [-0.4, -0.2) is 30.8 Å². The minimum absolute atomic E-state index is 0.00567. The molecular formula is C24H21N3O4S. The number of sulfone groups is 1. The predicted molar refractivity (Wildman–Crippen MR) is 120 cm³/mol. The normalized spacial score (nSPS) is 11.3. The zero-order valence-electron chi connectivity index (χ0n) is 17.4. The van der Waals surface area contributed by atoms with E-state index in [9.17, 15) is 13.2 Å². The fraction of sp³-hybridized carbons (Fsp3) is 0.125. The Morgan fingerprint density at radius 3 is 2.06 bits per heavy atom. The average molecular weight is 448 g/mol. The van der Waals surface area contributed by atoms with Gasteiger partial charge in [-0.25, -0.2) is 8.42 Å². The van der Waals surface area contributed by atoms with Gasteiger partial charge in [0.2, 0.25) is 5.89 Å². The van der Waals surface area contributed by atoms with Crippen molar-refractivity contribution in [3.8, 4) is 0 Å². The number of anilines is 1. The molecule has 1 aromatic heterocycles. The number of amides is 1. The van der Waals surface area contributed by atoms with Crippen molar-refractivity contribution < 1.29 is 17.6 Å². The van der Waals surface area contributed by atoms with Gasteiger partial charge in [0.15, 0.2) is 9.84 Å². The average Bonchev–Trinajstić information content (AvgIpc) is 3.21. The molecule has 0 unspecified atom stereocenters. The summed E-state index contributed by atoms with van der Waals surface area (Å²) in [4.78, 5) is 12.7. The van der Waals surface area contributed by atoms with Crippen LogP contribution in [-0.2, 0) is 22.7 Å². The summed E-state index contributed by atoms with van der Waals surface area (Å²) in [5.74, 6) is -0.0328. The topological polar surface area (TPSA) is 102 Å². The van der Waals surface area contributed by atoms with Gasteiger partial charge in [0.25, 0.3) is 5.91 Å². The van der Waals surface area contributed by atoms with Crippen molar-refractivity contribution in [2.75, 3.05) is 11.6 Å². The molecule has 0 spiro atoms. The van der Waals surface area contributed by atoms with E-state index in [1.807, 2.05) is 30.3 Å². The molecule has 162 valence electrons. The van der Waals surface area contributed by atoms with E-state index >= 15 is 0 Å². The number of aromatic nitrogens is 2. The van der Waals surface area contributed by atoms with Crippen LogP contribution in [0, 0.1) is 0 Å². The van der Waals surface area contributed by atoms with Crippen LogP contribution < -0.4 is 5.32 Å². The Labute approximate surface area is 186 Å². The molecule has 0 aliphatic rings. The molecule has 0 saturated heterocycles. The highest BCUT2D eigenvalue weighted by atomic mass is 32.2. The molecule has 7 nitrogen and oxygen atoms in total. The second-order valence-corrected chi connectivity index (χ2v) is 9.42. The Kier molecular flexibility index (Phi) is 6.13. The zero-order valence-corrected chi connectivity index (χ0v) is 18.2. The third-order valence-electron chi connectivity index (χ3n) is 4.86. The number of carbonyl (C=O) groups is 1. The molecule has 1 amide bonds. The van der Waals surface area contributed by atoms with Crippen LogP contribution in [0.2, 0.25) is 0 Å². The lowest BCUT2D eigenvalue weighted by molar-refractivity contribution is 0.102. The third kappa shape index (κ3) is 5.47. The van der Waals surface area contributed by atoms with Crippen molar-refractivity contribution >= 4 is 21.8 Å². The smallest absolute Gasteiger partial charge is 0.322 e. The molecule has 3 aromatic carbocycles. The predicted octanol–water partition coefficient (Wildman–Crippen LogP) is 3.91. The first-order chi connectivity index (χ1) is 15.4. The quantitative estimate of drug-likeness (QED) is 0.461. The Balaban J connectivity index is 1.36. The van der Waals surface area contributed by atoms with Crippen molar-refractivity contribution in [1.29, 1.82) is 0 Å². The summed E-state index contributed by atoms with van der Waals surface area (Å²) in [6.45, 7) is 0. The van der Waals surface area contributed by atoms with Crippen LogP contribution in [0.4, 0.5) is 6.01 Å². The van der Waals surface area contributed by atoms with Gasteiger partial charge >= 0.3 is 6.01 Å². The van der Waals surface area contributed by atoms with Crippen molar-refractivity contribution in [3.63, 3.8) is 0 Å². The summed E-state index contributed by atoms with van der Waals surface area (Å²) < 4.78 is 28.6. The lowest BCUT2D eigenvalue weighted by Gasteiger charge is -2.04. The molecule has 1 heterocycles. The van der Waals surface area contributed by atoms with Gasteiger partial charge < -0.3 is 4.42 Å². The standard InChI is InChI=1S/C24H21N3O4S/c1-32(29,30)21-13-9-19(10-14-21)16-22-26-27-24(31-22)25-23(28)20-11-7-18(8-12-20)15-17-5-3-2-4-6-17/h2-14H,15-16H2,1H3,(H,25,27,28). The van der Waals surface area contributed by atoms with Gasteiger partial charge in [0.1, 0.15) is 0 Å². The minimum atomic E-state index is -3.25. The van der Waals surface area contributed by atoms with Crippen LogP contribution >= 0.6 is 0 Å². The van der Waals surface area contributed by atoms with Gasteiger partial charge in [-0.2, -0.15) is 0 Å². The molecule has 1 N–H and O–H groups in total. The molecule has 0 fully saturated rings. The maximum absolute atomic E-state index is 12.5. The number of rotatable bonds is 7. The van der Waals surface area contributed by atoms with Gasteiger partial charge in [0.05, 0.1) is 11.3 Å². The second-order valence-electron chi connectivity index (χ2n) is 7.41. The number of hydrogen-bond acceptors (Lipinski definition) is 6.